The van der Waals surface area contributed by atoms with E-state index in [0.29, 0.717) is 0 Å². The molecule has 1 aliphatic rings. The van der Waals surface area contributed by atoms with E-state index in [-0.39, 0.29) is 5.60 Å². The van der Waals surface area contributed by atoms with Gasteiger partial charge in [0, 0.05) is 31.6 Å². The molecule has 0 spiro atoms. The first-order valence-corrected chi connectivity index (χ1v) is 6.70. The minimum Gasteiger partial charge on any atom is -0.399 e. The van der Waals surface area contributed by atoms with E-state index in [1.807, 2.05) is 6.07 Å². The van der Waals surface area contributed by atoms with Gasteiger partial charge in [-0.25, -0.2) is 0 Å². The third-order valence-electron chi connectivity index (χ3n) is 3.85. The van der Waals surface area contributed by atoms with Crippen LogP contribution in [-0.2, 0) is 11.2 Å². The van der Waals surface area contributed by atoms with E-state index in [1.54, 1.807) is 7.11 Å². The molecule has 3 heteroatoms. The number of nitrogens with two attached hydrogens (primary N) is 1. The molecule has 0 atom stereocenters. The number of methoxy groups -OCH3 is 1. The molecule has 100 valence electrons. The lowest BCUT2D eigenvalue weighted by molar-refractivity contribution is 0.0172. The maximum atomic E-state index is 5.85. The van der Waals surface area contributed by atoms with Crippen molar-refractivity contribution in [2.45, 2.75) is 38.7 Å². The van der Waals surface area contributed by atoms with Gasteiger partial charge >= 0.3 is 0 Å². The number of benzene rings is 1. The Bertz CT molecular complexity index is 415. The van der Waals surface area contributed by atoms with Crippen LogP contribution in [0.5, 0.6) is 0 Å². The molecule has 0 unspecified atom stereocenters. The highest BCUT2D eigenvalue weighted by atomic mass is 16.5. The SMILES string of the molecule is COC(C)(C)CCN1CCCc2cc(N)ccc21. The van der Waals surface area contributed by atoms with E-state index in [1.165, 1.54) is 17.7 Å². The first kappa shape index (κ1) is 13.2. The number of hydrogen-bond acceptors (Lipinski definition) is 3. The van der Waals surface area contributed by atoms with Gasteiger partial charge in [0.1, 0.15) is 0 Å². The zero-order chi connectivity index (χ0) is 13.2. The molecule has 0 radical (unpaired) electrons. The van der Waals surface area contributed by atoms with Crippen molar-refractivity contribution in [3.8, 4) is 0 Å². The lowest BCUT2D eigenvalue weighted by Gasteiger charge is -2.34. The van der Waals surface area contributed by atoms with Crippen molar-refractivity contribution in [3.05, 3.63) is 23.8 Å². The predicted octanol–water partition coefficient (Wildman–Crippen LogP) is 2.84. The van der Waals surface area contributed by atoms with Gasteiger partial charge in [-0.2, -0.15) is 0 Å². The Kier molecular flexibility index (Phi) is 3.81. The van der Waals surface area contributed by atoms with Gasteiger partial charge in [0.15, 0.2) is 0 Å². The number of rotatable bonds is 4. The summed E-state index contributed by atoms with van der Waals surface area (Å²) in [5.74, 6) is 0. The molecule has 0 fully saturated rings. The van der Waals surface area contributed by atoms with Crippen LogP contribution in [0.4, 0.5) is 11.4 Å². The highest BCUT2D eigenvalue weighted by Gasteiger charge is 2.21. The molecule has 2 N–H and O–H groups in total. The van der Waals surface area contributed by atoms with Crippen LogP contribution < -0.4 is 10.6 Å². The fraction of sp³-hybridized carbons (Fsp3) is 0.600. The summed E-state index contributed by atoms with van der Waals surface area (Å²) < 4.78 is 5.49. The Balaban J connectivity index is 2.08. The highest BCUT2D eigenvalue weighted by Crippen LogP contribution is 2.29. The van der Waals surface area contributed by atoms with Crippen LogP contribution in [0.25, 0.3) is 0 Å². The summed E-state index contributed by atoms with van der Waals surface area (Å²) in [5.41, 5.74) is 9.41. The Morgan fingerprint density at radius 1 is 1.39 bits per heavy atom. The van der Waals surface area contributed by atoms with Gasteiger partial charge < -0.3 is 15.4 Å². The topological polar surface area (TPSA) is 38.5 Å². The molecule has 0 amide bonds. The van der Waals surface area contributed by atoms with Gasteiger partial charge in [0.2, 0.25) is 0 Å². The molecule has 1 aliphatic heterocycles. The second-order valence-corrected chi connectivity index (χ2v) is 5.69. The number of anilines is 2. The van der Waals surface area contributed by atoms with Crippen LogP contribution in [0.2, 0.25) is 0 Å². The van der Waals surface area contributed by atoms with Crippen LogP contribution in [0.3, 0.4) is 0 Å². The van der Waals surface area contributed by atoms with Crippen LogP contribution in [-0.4, -0.2) is 25.8 Å². The van der Waals surface area contributed by atoms with Crippen molar-refractivity contribution in [2.75, 3.05) is 30.8 Å². The lowest BCUT2D eigenvalue weighted by Crippen LogP contribution is -2.35. The second-order valence-electron chi connectivity index (χ2n) is 5.69. The molecule has 1 heterocycles. The summed E-state index contributed by atoms with van der Waals surface area (Å²) in [6.45, 7) is 6.45. The van der Waals surface area contributed by atoms with Crippen molar-refractivity contribution in [3.63, 3.8) is 0 Å². The number of nitrogen functional groups attached to an aromatic ring is 1. The monoisotopic (exact) mass is 248 g/mol. The summed E-state index contributed by atoms with van der Waals surface area (Å²) in [7, 11) is 1.78. The Labute approximate surface area is 110 Å². The van der Waals surface area contributed by atoms with E-state index < -0.39 is 0 Å². The van der Waals surface area contributed by atoms with Gasteiger partial charge in [-0.1, -0.05) is 0 Å². The second kappa shape index (κ2) is 5.19. The number of nitrogens with zero attached hydrogens (tertiary/aromatic N) is 1. The molecule has 0 saturated heterocycles. The molecule has 18 heavy (non-hydrogen) atoms. The van der Waals surface area contributed by atoms with Crippen LogP contribution in [0.15, 0.2) is 18.2 Å². The normalized spacial score (nSPS) is 15.6. The van der Waals surface area contributed by atoms with Crippen LogP contribution in [0.1, 0.15) is 32.3 Å². The quantitative estimate of drug-likeness (QED) is 0.833. The molecule has 0 aliphatic carbocycles. The Hall–Kier alpha value is -1.22. The maximum absolute atomic E-state index is 5.85. The molecule has 2 rings (SSSR count). The summed E-state index contributed by atoms with van der Waals surface area (Å²) in [4.78, 5) is 2.46. The fourth-order valence-corrected chi connectivity index (χ4v) is 2.43. The fourth-order valence-electron chi connectivity index (χ4n) is 2.43. The number of ether oxygens (including phenoxy) is 1. The first-order valence-electron chi connectivity index (χ1n) is 6.70. The minimum atomic E-state index is -0.0502. The van der Waals surface area contributed by atoms with Gasteiger partial charge in [0.25, 0.3) is 0 Å². The molecule has 1 aromatic rings. The van der Waals surface area contributed by atoms with Gasteiger partial charge in [-0.05, 0) is 56.9 Å². The zero-order valence-corrected chi connectivity index (χ0v) is 11.7. The molecular weight excluding hydrogens is 224 g/mol. The Morgan fingerprint density at radius 3 is 2.89 bits per heavy atom. The third kappa shape index (κ3) is 2.96. The molecule has 1 aromatic carbocycles. The predicted molar refractivity (Wildman–Crippen MR) is 77.1 cm³/mol. The van der Waals surface area contributed by atoms with E-state index in [4.69, 9.17) is 10.5 Å². The van der Waals surface area contributed by atoms with Crippen LogP contribution >= 0.6 is 0 Å². The van der Waals surface area contributed by atoms with Crippen LogP contribution in [0, 0.1) is 0 Å². The zero-order valence-electron chi connectivity index (χ0n) is 11.7. The molecule has 3 nitrogen and oxygen atoms in total. The molecular formula is C15H24N2O. The summed E-state index contributed by atoms with van der Waals surface area (Å²) in [5, 5.41) is 0. The average Bonchev–Trinajstić information content (AvgIpc) is 2.36. The highest BCUT2D eigenvalue weighted by molar-refractivity contribution is 5.61. The summed E-state index contributed by atoms with van der Waals surface area (Å²) in [6, 6.07) is 6.27. The van der Waals surface area contributed by atoms with Crippen molar-refractivity contribution < 1.29 is 4.74 Å². The molecule has 0 aromatic heterocycles. The smallest absolute Gasteiger partial charge is 0.0639 e. The lowest BCUT2D eigenvalue weighted by atomic mass is 9.99. The van der Waals surface area contributed by atoms with E-state index >= 15 is 0 Å². The largest absolute Gasteiger partial charge is 0.399 e. The van der Waals surface area contributed by atoms with Crippen molar-refractivity contribution >= 4 is 11.4 Å². The van der Waals surface area contributed by atoms with Gasteiger partial charge in [-0.15, -0.1) is 0 Å². The van der Waals surface area contributed by atoms with Gasteiger partial charge in [0.05, 0.1) is 5.60 Å². The van der Waals surface area contributed by atoms with Crippen molar-refractivity contribution in [1.82, 2.24) is 0 Å². The van der Waals surface area contributed by atoms with Crippen molar-refractivity contribution in [1.29, 1.82) is 0 Å². The van der Waals surface area contributed by atoms with E-state index in [2.05, 4.69) is 30.9 Å². The molecule has 0 bridgehead atoms. The number of fused-ring (bicyclic) bond motifs is 1. The van der Waals surface area contributed by atoms with E-state index in [9.17, 15) is 0 Å². The first-order chi connectivity index (χ1) is 8.52. The number of aryl methyl sites for hydroxylation is 1. The minimum absolute atomic E-state index is 0.0502. The maximum Gasteiger partial charge on any atom is 0.0639 e. The molecule has 0 saturated carbocycles. The summed E-state index contributed by atoms with van der Waals surface area (Å²) >= 11 is 0. The average molecular weight is 248 g/mol. The third-order valence-corrected chi connectivity index (χ3v) is 3.85. The number of hydrogen-bond donors (Lipinski definition) is 1. The summed E-state index contributed by atoms with van der Waals surface area (Å²) in [6.07, 6.45) is 3.39. The van der Waals surface area contributed by atoms with Crippen molar-refractivity contribution in [2.24, 2.45) is 0 Å². The Morgan fingerprint density at radius 2 is 2.17 bits per heavy atom. The van der Waals surface area contributed by atoms with Gasteiger partial charge in [-0.3, -0.25) is 0 Å². The van der Waals surface area contributed by atoms with E-state index in [0.717, 1.165) is 31.6 Å². The standard InChI is InChI=1S/C15H24N2O/c1-15(2,18-3)8-10-17-9-4-5-12-11-13(16)6-7-14(12)17/h6-7,11H,4-5,8-10,16H2,1-3H3.